The Morgan fingerprint density at radius 2 is 2.00 bits per heavy atom. The lowest BCUT2D eigenvalue weighted by atomic mass is 9.67. The lowest BCUT2D eigenvalue weighted by Crippen LogP contribution is -2.47. The minimum atomic E-state index is -1.23. The molecule has 1 aliphatic heterocycles. The van der Waals surface area contributed by atoms with Gasteiger partial charge < -0.3 is 5.11 Å². The number of aliphatic carboxylic acids is 1. The minimum absolute atomic E-state index is 0.0251. The van der Waals surface area contributed by atoms with E-state index in [1.165, 1.54) is 11.8 Å². The molecule has 23 heavy (non-hydrogen) atoms. The monoisotopic (exact) mass is 342 g/mol. The molecule has 0 radical (unpaired) electrons. The molecule has 1 N–H and O–H groups in total. The average Bonchev–Trinajstić information content (AvgIpc) is 2.60. The molecule has 1 aromatic rings. The maximum absolute atomic E-state index is 14.5. The maximum atomic E-state index is 14.5. The van der Waals surface area contributed by atoms with E-state index in [1.54, 1.807) is 20.8 Å². The number of ketones is 1. The van der Waals surface area contributed by atoms with E-state index < -0.39 is 33.7 Å². The Hall–Kier alpha value is -1.43. The molecule has 0 aliphatic carbocycles. The van der Waals surface area contributed by atoms with Crippen LogP contribution in [0.4, 0.5) is 8.78 Å². The second kappa shape index (κ2) is 6.23. The van der Waals surface area contributed by atoms with E-state index in [1.807, 2.05) is 0 Å². The highest BCUT2D eigenvalue weighted by Crippen LogP contribution is 2.58. The Morgan fingerprint density at radius 1 is 1.35 bits per heavy atom. The van der Waals surface area contributed by atoms with Gasteiger partial charge in [-0.15, -0.1) is 11.8 Å². The molecule has 1 heterocycles. The van der Waals surface area contributed by atoms with Gasteiger partial charge in [0.25, 0.3) is 0 Å². The van der Waals surface area contributed by atoms with Crippen molar-refractivity contribution in [2.75, 3.05) is 5.75 Å². The third-order valence-corrected chi connectivity index (χ3v) is 6.35. The molecular formula is C17H20F2O3S. The summed E-state index contributed by atoms with van der Waals surface area (Å²) in [6.45, 7) is 5.41. The van der Waals surface area contributed by atoms with E-state index in [2.05, 4.69) is 0 Å². The summed E-state index contributed by atoms with van der Waals surface area (Å²) >= 11 is 1.25. The summed E-state index contributed by atoms with van der Waals surface area (Å²) in [6, 6.07) is 3.10. The van der Waals surface area contributed by atoms with Crippen LogP contribution in [0.5, 0.6) is 0 Å². The summed E-state index contributed by atoms with van der Waals surface area (Å²) in [6.07, 6.45) is 0.0682. The van der Waals surface area contributed by atoms with Crippen LogP contribution in [-0.4, -0.2) is 22.6 Å². The number of hydrogen-bond acceptors (Lipinski definition) is 3. The van der Waals surface area contributed by atoms with Crippen molar-refractivity contribution in [1.29, 1.82) is 0 Å². The number of thioether (sulfide) groups is 1. The first kappa shape index (κ1) is 17.9. The van der Waals surface area contributed by atoms with Crippen molar-refractivity contribution in [2.45, 2.75) is 38.4 Å². The fraction of sp³-hybridized carbons (Fsp3) is 0.529. The summed E-state index contributed by atoms with van der Waals surface area (Å²) in [5, 5.41) is 9.72. The van der Waals surface area contributed by atoms with Gasteiger partial charge in [0.15, 0.2) is 0 Å². The first-order valence-corrected chi connectivity index (χ1v) is 8.42. The zero-order chi connectivity index (χ0) is 17.4. The van der Waals surface area contributed by atoms with Crippen LogP contribution in [0.2, 0.25) is 0 Å². The van der Waals surface area contributed by atoms with Gasteiger partial charge in [0, 0.05) is 24.2 Å². The molecule has 0 spiro atoms. The predicted octanol–water partition coefficient (Wildman–Crippen LogP) is 4.00. The molecule has 0 bridgehead atoms. The van der Waals surface area contributed by atoms with E-state index in [9.17, 15) is 23.5 Å². The second-order valence-electron chi connectivity index (χ2n) is 6.84. The molecule has 126 valence electrons. The quantitative estimate of drug-likeness (QED) is 0.882. The van der Waals surface area contributed by atoms with E-state index in [-0.39, 0.29) is 24.2 Å². The Labute approximate surface area is 138 Å². The van der Waals surface area contributed by atoms with Crippen molar-refractivity contribution in [3.05, 3.63) is 35.4 Å². The first-order valence-electron chi connectivity index (χ1n) is 7.43. The molecule has 2 rings (SSSR count). The standard InChI is InChI=1S/C17H20F2O3S/c1-16(2,3)17(12-8-10(18)4-5-14(12)19)13(15(21)22)9-11(20)6-7-23-17/h4-5,8,13H,6-7,9H2,1-3H3,(H,21,22)/t13-,17+/m0/s1. The van der Waals surface area contributed by atoms with Gasteiger partial charge in [0.05, 0.1) is 10.7 Å². The SMILES string of the molecule is CC(C)(C)[C@]1(c2cc(F)ccc2F)SCCC(=O)C[C@H]1C(=O)O. The summed E-state index contributed by atoms with van der Waals surface area (Å²) in [4.78, 5) is 23.9. The smallest absolute Gasteiger partial charge is 0.308 e. The van der Waals surface area contributed by atoms with Gasteiger partial charge in [-0.3, -0.25) is 9.59 Å². The summed E-state index contributed by atoms with van der Waals surface area (Å²) < 4.78 is 27.1. The van der Waals surface area contributed by atoms with Gasteiger partial charge in [0.2, 0.25) is 0 Å². The number of rotatable bonds is 2. The number of benzene rings is 1. The van der Waals surface area contributed by atoms with E-state index in [4.69, 9.17) is 0 Å². The molecule has 2 atom stereocenters. The third kappa shape index (κ3) is 3.13. The molecule has 1 fully saturated rings. The topological polar surface area (TPSA) is 54.4 Å². The molecule has 1 saturated heterocycles. The second-order valence-corrected chi connectivity index (χ2v) is 8.18. The Morgan fingerprint density at radius 3 is 2.57 bits per heavy atom. The zero-order valence-electron chi connectivity index (χ0n) is 13.4. The Balaban J connectivity index is 2.78. The lowest BCUT2D eigenvalue weighted by Gasteiger charge is -2.47. The summed E-state index contributed by atoms with van der Waals surface area (Å²) in [7, 11) is 0. The molecule has 0 unspecified atom stereocenters. The normalized spacial score (nSPS) is 26.0. The molecular weight excluding hydrogens is 322 g/mol. The number of hydrogen-bond donors (Lipinski definition) is 1. The van der Waals surface area contributed by atoms with Crippen molar-refractivity contribution >= 4 is 23.5 Å². The predicted molar refractivity (Wildman–Crippen MR) is 85.3 cm³/mol. The highest BCUT2D eigenvalue weighted by molar-refractivity contribution is 8.00. The summed E-state index contributed by atoms with van der Waals surface area (Å²) in [5.41, 5.74) is -0.669. The first-order chi connectivity index (χ1) is 10.6. The van der Waals surface area contributed by atoms with Crippen LogP contribution in [-0.2, 0) is 14.3 Å². The van der Waals surface area contributed by atoms with Crippen molar-refractivity contribution in [3.63, 3.8) is 0 Å². The van der Waals surface area contributed by atoms with Gasteiger partial charge >= 0.3 is 5.97 Å². The van der Waals surface area contributed by atoms with Crippen LogP contribution >= 0.6 is 11.8 Å². The van der Waals surface area contributed by atoms with Gasteiger partial charge in [-0.05, 0) is 23.6 Å². The van der Waals surface area contributed by atoms with E-state index in [0.29, 0.717) is 5.75 Å². The number of Topliss-reactive ketones (excluding diaryl/α,β-unsaturated/α-hetero) is 1. The fourth-order valence-electron chi connectivity index (χ4n) is 3.35. The van der Waals surface area contributed by atoms with Crippen LogP contribution in [0.1, 0.15) is 39.2 Å². The largest absolute Gasteiger partial charge is 0.481 e. The molecule has 6 heteroatoms. The number of carbonyl (C=O) groups excluding carboxylic acids is 1. The Bertz CT molecular complexity index is 639. The molecule has 1 aromatic carbocycles. The zero-order valence-corrected chi connectivity index (χ0v) is 14.2. The van der Waals surface area contributed by atoms with Crippen LogP contribution in [0.15, 0.2) is 18.2 Å². The lowest BCUT2D eigenvalue weighted by molar-refractivity contribution is -0.146. The van der Waals surface area contributed by atoms with Crippen molar-refractivity contribution in [3.8, 4) is 0 Å². The van der Waals surface area contributed by atoms with Crippen LogP contribution in [0.25, 0.3) is 0 Å². The molecule has 3 nitrogen and oxygen atoms in total. The van der Waals surface area contributed by atoms with Crippen LogP contribution in [0.3, 0.4) is 0 Å². The number of halogens is 2. The summed E-state index contributed by atoms with van der Waals surface area (Å²) in [5.74, 6) is -3.31. The fourth-order valence-corrected chi connectivity index (χ4v) is 5.13. The van der Waals surface area contributed by atoms with Crippen LogP contribution < -0.4 is 0 Å². The highest BCUT2D eigenvalue weighted by Gasteiger charge is 2.55. The number of carboxylic acid groups (broad SMARTS) is 1. The van der Waals surface area contributed by atoms with Gasteiger partial charge in [-0.25, -0.2) is 8.78 Å². The number of carbonyl (C=O) groups is 2. The van der Waals surface area contributed by atoms with Crippen molar-refractivity contribution < 1.29 is 23.5 Å². The van der Waals surface area contributed by atoms with Crippen molar-refractivity contribution in [2.24, 2.45) is 11.3 Å². The Kier molecular flexibility index (Phi) is 4.85. The van der Waals surface area contributed by atoms with Crippen molar-refractivity contribution in [1.82, 2.24) is 0 Å². The van der Waals surface area contributed by atoms with Crippen LogP contribution in [0, 0.1) is 23.0 Å². The number of carboxylic acids is 1. The average molecular weight is 342 g/mol. The molecule has 1 aliphatic rings. The highest BCUT2D eigenvalue weighted by atomic mass is 32.2. The van der Waals surface area contributed by atoms with Gasteiger partial charge in [-0.1, -0.05) is 20.8 Å². The molecule has 0 aromatic heterocycles. The third-order valence-electron chi connectivity index (χ3n) is 4.37. The van der Waals surface area contributed by atoms with E-state index >= 15 is 0 Å². The van der Waals surface area contributed by atoms with E-state index in [0.717, 1.165) is 18.2 Å². The molecule has 0 amide bonds. The maximum Gasteiger partial charge on any atom is 0.308 e. The molecule has 0 saturated carbocycles. The van der Waals surface area contributed by atoms with Gasteiger partial charge in [-0.2, -0.15) is 0 Å². The minimum Gasteiger partial charge on any atom is -0.481 e. The van der Waals surface area contributed by atoms with Gasteiger partial charge in [0.1, 0.15) is 17.4 Å².